The molecule has 7 heteroatoms. The standard InChI is InChI=1S/C14H30N4O2.HI/c1-11(2)6-7-12(3)18-14(15-4)17-10-13(19)16-8-9-20-5;/h11-12H,6-10H2,1-5H3,(H,16,19)(H2,15,17,18);1H. The molecule has 0 saturated carbocycles. The second-order valence-corrected chi connectivity index (χ2v) is 5.29. The van der Waals surface area contributed by atoms with Crippen LogP contribution in [0.3, 0.4) is 0 Å². The Bertz CT molecular complexity index is 299. The molecule has 1 amide bonds. The molecule has 3 N–H and O–H groups in total. The van der Waals surface area contributed by atoms with Crippen LogP contribution in [0.5, 0.6) is 0 Å². The van der Waals surface area contributed by atoms with Gasteiger partial charge in [0, 0.05) is 26.7 Å². The van der Waals surface area contributed by atoms with E-state index in [2.05, 4.69) is 41.7 Å². The first kappa shape index (κ1) is 22.7. The van der Waals surface area contributed by atoms with Crippen LogP contribution >= 0.6 is 24.0 Å². The molecule has 0 bridgehead atoms. The van der Waals surface area contributed by atoms with E-state index in [4.69, 9.17) is 4.74 Å². The van der Waals surface area contributed by atoms with Gasteiger partial charge in [0.15, 0.2) is 5.96 Å². The number of nitrogens with one attached hydrogen (secondary N) is 3. The summed E-state index contributed by atoms with van der Waals surface area (Å²) < 4.78 is 4.87. The SMILES string of the molecule is CN=C(NCC(=O)NCCOC)NC(C)CCC(C)C.I. The van der Waals surface area contributed by atoms with Crippen molar-refractivity contribution in [3.8, 4) is 0 Å². The first-order chi connectivity index (χ1) is 9.49. The summed E-state index contributed by atoms with van der Waals surface area (Å²) in [6.45, 7) is 7.79. The number of rotatable bonds is 9. The first-order valence-electron chi connectivity index (χ1n) is 7.22. The van der Waals surface area contributed by atoms with Crippen molar-refractivity contribution in [1.29, 1.82) is 0 Å². The molecule has 0 aliphatic carbocycles. The fraction of sp³-hybridized carbons (Fsp3) is 0.857. The molecule has 0 heterocycles. The lowest BCUT2D eigenvalue weighted by Gasteiger charge is -2.18. The lowest BCUT2D eigenvalue weighted by atomic mass is 10.0. The van der Waals surface area contributed by atoms with Gasteiger partial charge in [-0.2, -0.15) is 0 Å². The Balaban J connectivity index is 0. The van der Waals surface area contributed by atoms with E-state index in [1.807, 2.05) is 0 Å². The number of nitrogens with zero attached hydrogens (tertiary/aromatic N) is 1. The van der Waals surface area contributed by atoms with Crippen LogP contribution in [0, 0.1) is 5.92 Å². The molecule has 0 aliphatic rings. The number of guanidine groups is 1. The van der Waals surface area contributed by atoms with Gasteiger partial charge in [0.2, 0.25) is 5.91 Å². The van der Waals surface area contributed by atoms with Crippen LogP contribution in [0.25, 0.3) is 0 Å². The minimum absolute atomic E-state index is 0. The molecule has 0 fully saturated rings. The van der Waals surface area contributed by atoms with E-state index >= 15 is 0 Å². The lowest BCUT2D eigenvalue weighted by molar-refractivity contribution is -0.120. The van der Waals surface area contributed by atoms with Gasteiger partial charge in [-0.1, -0.05) is 13.8 Å². The van der Waals surface area contributed by atoms with Crippen LogP contribution in [-0.4, -0.2) is 51.8 Å². The van der Waals surface area contributed by atoms with Gasteiger partial charge in [-0.15, -0.1) is 24.0 Å². The third-order valence-electron chi connectivity index (χ3n) is 2.83. The van der Waals surface area contributed by atoms with Gasteiger partial charge < -0.3 is 20.7 Å². The van der Waals surface area contributed by atoms with Gasteiger partial charge in [0.1, 0.15) is 0 Å². The van der Waals surface area contributed by atoms with E-state index in [1.165, 1.54) is 6.42 Å². The largest absolute Gasteiger partial charge is 0.383 e. The van der Waals surface area contributed by atoms with E-state index in [1.54, 1.807) is 14.2 Å². The van der Waals surface area contributed by atoms with Crippen molar-refractivity contribution in [3.05, 3.63) is 0 Å². The van der Waals surface area contributed by atoms with Crippen molar-refractivity contribution in [2.24, 2.45) is 10.9 Å². The maximum absolute atomic E-state index is 11.5. The van der Waals surface area contributed by atoms with E-state index in [9.17, 15) is 4.79 Å². The average molecular weight is 414 g/mol. The van der Waals surface area contributed by atoms with Gasteiger partial charge >= 0.3 is 0 Å². The number of methoxy groups -OCH3 is 1. The topological polar surface area (TPSA) is 74.8 Å². The van der Waals surface area contributed by atoms with Crippen LogP contribution in [0.2, 0.25) is 0 Å². The molecule has 126 valence electrons. The molecular formula is C14H31IN4O2. The Morgan fingerprint density at radius 1 is 1.19 bits per heavy atom. The molecule has 0 aliphatic heterocycles. The zero-order chi connectivity index (χ0) is 15.4. The predicted octanol–water partition coefficient (Wildman–Crippen LogP) is 1.36. The average Bonchev–Trinajstić information content (AvgIpc) is 2.41. The molecule has 0 rings (SSSR count). The molecule has 1 atom stereocenters. The van der Waals surface area contributed by atoms with Crippen molar-refractivity contribution in [1.82, 2.24) is 16.0 Å². The number of carbonyl (C=O) groups excluding carboxylic acids is 1. The zero-order valence-corrected chi connectivity index (χ0v) is 16.2. The summed E-state index contributed by atoms with van der Waals surface area (Å²) in [7, 11) is 3.31. The van der Waals surface area contributed by atoms with E-state index in [0.717, 1.165) is 6.42 Å². The Kier molecular flexibility index (Phi) is 15.5. The van der Waals surface area contributed by atoms with Crippen LogP contribution in [-0.2, 0) is 9.53 Å². The lowest BCUT2D eigenvalue weighted by Crippen LogP contribution is -2.46. The number of halogens is 1. The number of hydrogen-bond acceptors (Lipinski definition) is 3. The van der Waals surface area contributed by atoms with E-state index in [-0.39, 0.29) is 36.4 Å². The van der Waals surface area contributed by atoms with E-state index < -0.39 is 0 Å². The maximum Gasteiger partial charge on any atom is 0.239 e. The quantitative estimate of drug-likeness (QED) is 0.231. The molecule has 0 aromatic carbocycles. The van der Waals surface area contributed by atoms with Crippen LogP contribution in [0.15, 0.2) is 4.99 Å². The molecule has 0 aromatic heterocycles. The normalized spacial score (nSPS) is 12.6. The molecule has 0 spiro atoms. The summed E-state index contributed by atoms with van der Waals surface area (Å²) >= 11 is 0. The number of ether oxygens (including phenoxy) is 1. The summed E-state index contributed by atoms with van der Waals surface area (Å²) in [5.74, 6) is 1.28. The van der Waals surface area contributed by atoms with E-state index in [0.29, 0.717) is 31.1 Å². The Morgan fingerprint density at radius 2 is 1.86 bits per heavy atom. The van der Waals surface area contributed by atoms with Crippen LogP contribution < -0.4 is 16.0 Å². The third kappa shape index (κ3) is 14.1. The van der Waals surface area contributed by atoms with Gasteiger partial charge in [-0.25, -0.2) is 0 Å². The minimum Gasteiger partial charge on any atom is -0.383 e. The highest BCUT2D eigenvalue weighted by atomic mass is 127. The Labute approximate surface area is 145 Å². The highest BCUT2D eigenvalue weighted by Gasteiger charge is 2.07. The van der Waals surface area contributed by atoms with Crippen molar-refractivity contribution in [2.75, 3.05) is 33.9 Å². The van der Waals surface area contributed by atoms with Gasteiger partial charge in [-0.3, -0.25) is 9.79 Å². The summed E-state index contributed by atoms with van der Waals surface area (Å²) in [5, 5.41) is 9.03. The van der Waals surface area contributed by atoms with Crippen LogP contribution in [0.4, 0.5) is 0 Å². The molecular weight excluding hydrogens is 383 g/mol. The smallest absolute Gasteiger partial charge is 0.239 e. The second-order valence-electron chi connectivity index (χ2n) is 5.29. The monoisotopic (exact) mass is 414 g/mol. The highest BCUT2D eigenvalue weighted by molar-refractivity contribution is 14.0. The number of carbonyl (C=O) groups is 1. The Hall–Kier alpha value is -0.570. The van der Waals surface area contributed by atoms with Gasteiger partial charge in [-0.05, 0) is 25.7 Å². The summed E-state index contributed by atoms with van der Waals surface area (Å²) in [6, 6.07) is 0.333. The second kappa shape index (κ2) is 14.4. The number of hydrogen-bond donors (Lipinski definition) is 3. The van der Waals surface area contributed by atoms with Crippen molar-refractivity contribution >= 4 is 35.8 Å². The predicted molar refractivity (Wildman–Crippen MR) is 98.3 cm³/mol. The fourth-order valence-corrected chi connectivity index (χ4v) is 1.60. The first-order valence-corrected chi connectivity index (χ1v) is 7.22. The molecule has 6 nitrogen and oxygen atoms in total. The van der Waals surface area contributed by atoms with Gasteiger partial charge in [0.05, 0.1) is 13.2 Å². The molecule has 0 radical (unpaired) electrons. The highest BCUT2D eigenvalue weighted by Crippen LogP contribution is 2.05. The van der Waals surface area contributed by atoms with Crippen molar-refractivity contribution < 1.29 is 9.53 Å². The third-order valence-corrected chi connectivity index (χ3v) is 2.83. The zero-order valence-electron chi connectivity index (χ0n) is 13.9. The summed E-state index contributed by atoms with van der Waals surface area (Å²) in [4.78, 5) is 15.6. The molecule has 0 saturated heterocycles. The van der Waals surface area contributed by atoms with Gasteiger partial charge in [0.25, 0.3) is 0 Å². The fourth-order valence-electron chi connectivity index (χ4n) is 1.60. The molecule has 0 aromatic rings. The summed E-state index contributed by atoms with van der Waals surface area (Å²) in [5.41, 5.74) is 0. The minimum atomic E-state index is -0.0696. The maximum atomic E-state index is 11.5. The van der Waals surface area contributed by atoms with Crippen molar-refractivity contribution in [2.45, 2.75) is 39.7 Å². The number of aliphatic imine (C=N–C) groups is 1. The summed E-state index contributed by atoms with van der Waals surface area (Å²) in [6.07, 6.45) is 2.25. The number of amides is 1. The Morgan fingerprint density at radius 3 is 2.38 bits per heavy atom. The molecule has 1 unspecified atom stereocenters. The van der Waals surface area contributed by atoms with Crippen LogP contribution in [0.1, 0.15) is 33.6 Å². The van der Waals surface area contributed by atoms with Crippen molar-refractivity contribution in [3.63, 3.8) is 0 Å². The molecule has 21 heavy (non-hydrogen) atoms.